The number of aromatic nitrogens is 1. The Morgan fingerprint density at radius 2 is 1.67 bits per heavy atom. The van der Waals surface area contributed by atoms with Crippen LogP contribution in [0.15, 0.2) is 52.7 Å². The summed E-state index contributed by atoms with van der Waals surface area (Å²) in [6.07, 6.45) is 2.54. The average Bonchev–Trinajstić information content (AvgIpc) is 3.08. The van der Waals surface area contributed by atoms with E-state index in [1.165, 1.54) is 33.8 Å². The molecule has 3 aromatic rings. The van der Waals surface area contributed by atoms with Crippen LogP contribution in [0.2, 0.25) is 0 Å². The van der Waals surface area contributed by atoms with Gasteiger partial charge in [-0.15, -0.1) is 23.1 Å². The molecular weight excluding hydrogens is 330 g/mol. The monoisotopic (exact) mass is 359 g/mol. The minimum Gasteiger partial charge on any atom is -0.237 e. The lowest BCUT2D eigenvalue weighted by atomic mass is 10.1. The summed E-state index contributed by atoms with van der Waals surface area (Å²) in [5.74, 6) is 1.20. The quantitative estimate of drug-likeness (QED) is 0.339. The highest BCUT2D eigenvalue weighted by Gasteiger charge is 2.06. The van der Waals surface area contributed by atoms with Gasteiger partial charge in [-0.25, -0.2) is 4.98 Å². The highest BCUT2D eigenvalue weighted by atomic mass is 32.2. The van der Waals surface area contributed by atoms with E-state index in [9.17, 15) is 0 Å². The van der Waals surface area contributed by atoms with Crippen LogP contribution < -0.4 is 0 Å². The number of nitrogens with zero attached hydrogens (tertiary/aromatic N) is 1. The number of rotatable bonds is 5. The van der Waals surface area contributed by atoms with Gasteiger partial charge in [0.05, 0.1) is 9.90 Å². The first-order valence-electron chi connectivity index (χ1n) is 8.95. The molecule has 3 heteroatoms. The van der Waals surface area contributed by atoms with Gasteiger partial charge in [0, 0.05) is 10.9 Å². The number of hydrogen-bond donors (Lipinski definition) is 0. The lowest BCUT2D eigenvalue weighted by Crippen LogP contribution is -1.81. The summed E-state index contributed by atoms with van der Waals surface area (Å²) in [5, 5.41) is 1.26. The van der Waals surface area contributed by atoms with E-state index in [2.05, 4.69) is 49.4 Å². The van der Waals surface area contributed by atoms with E-state index in [1.54, 1.807) is 0 Å². The number of benzene rings is 1. The van der Waals surface area contributed by atoms with E-state index in [0.717, 1.165) is 10.5 Å². The van der Waals surface area contributed by atoms with Gasteiger partial charge in [-0.3, -0.25) is 0 Å². The minimum atomic E-state index is 1.06. The fourth-order valence-electron chi connectivity index (χ4n) is 2.05. The number of pyridine rings is 1. The van der Waals surface area contributed by atoms with E-state index < -0.39 is 0 Å². The Balaban J connectivity index is 0.000000671. The van der Waals surface area contributed by atoms with Crippen LogP contribution >= 0.6 is 23.1 Å². The molecule has 0 saturated heterocycles. The van der Waals surface area contributed by atoms with Crippen molar-refractivity contribution in [1.29, 1.82) is 0 Å². The highest BCUT2D eigenvalue weighted by molar-refractivity contribution is 8.01. The van der Waals surface area contributed by atoms with Crippen molar-refractivity contribution >= 4 is 33.3 Å². The third-order valence-corrected chi connectivity index (χ3v) is 5.51. The third-order valence-electron chi connectivity index (χ3n) is 3.17. The zero-order valence-corrected chi connectivity index (χ0v) is 17.1. The van der Waals surface area contributed by atoms with Crippen molar-refractivity contribution in [2.75, 3.05) is 5.75 Å². The third kappa shape index (κ3) is 5.95. The fraction of sp³-hybridized carbons (Fsp3) is 0.381. The van der Waals surface area contributed by atoms with Gasteiger partial charge >= 0.3 is 0 Å². The largest absolute Gasteiger partial charge is 0.237 e. The van der Waals surface area contributed by atoms with Crippen LogP contribution in [0.25, 0.3) is 21.5 Å². The molecule has 0 aliphatic heterocycles. The second-order valence-corrected chi connectivity index (χ2v) is 7.15. The normalized spacial score (nSPS) is 9.71. The molecule has 0 spiro atoms. The Hall–Kier alpha value is -1.32. The van der Waals surface area contributed by atoms with E-state index >= 15 is 0 Å². The van der Waals surface area contributed by atoms with Gasteiger partial charge in [-0.1, -0.05) is 71.4 Å². The summed E-state index contributed by atoms with van der Waals surface area (Å²) in [5.41, 5.74) is 2.24. The van der Waals surface area contributed by atoms with Crippen LogP contribution in [-0.2, 0) is 0 Å². The molecular formula is C21H29NS2. The van der Waals surface area contributed by atoms with Crippen LogP contribution in [0.4, 0.5) is 0 Å². The van der Waals surface area contributed by atoms with Crippen LogP contribution in [0.1, 0.15) is 47.5 Å². The average molecular weight is 360 g/mol. The summed E-state index contributed by atoms with van der Waals surface area (Å²) in [7, 11) is 0. The Morgan fingerprint density at radius 3 is 2.33 bits per heavy atom. The molecule has 130 valence electrons. The molecule has 24 heavy (non-hydrogen) atoms. The first-order valence-corrected chi connectivity index (χ1v) is 10.8. The smallest absolute Gasteiger partial charge is 0.125 e. The maximum atomic E-state index is 4.80. The van der Waals surface area contributed by atoms with Crippen molar-refractivity contribution in [3.63, 3.8) is 0 Å². The SMILES string of the molecule is CC.CC.CCCCSc1cc2ccc(-c3ccccc3)nc2s1. The predicted molar refractivity (Wildman–Crippen MR) is 113 cm³/mol. The van der Waals surface area contributed by atoms with Crippen LogP contribution in [0.3, 0.4) is 0 Å². The second-order valence-electron chi connectivity index (χ2n) is 4.72. The van der Waals surface area contributed by atoms with Gasteiger partial charge in [0.1, 0.15) is 4.83 Å². The first kappa shape index (κ1) is 20.7. The summed E-state index contributed by atoms with van der Waals surface area (Å²) in [4.78, 5) is 5.94. The topological polar surface area (TPSA) is 12.9 Å². The zero-order chi connectivity index (χ0) is 17.8. The molecule has 2 heterocycles. The van der Waals surface area contributed by atoms with Gasteiger partial charge in [0.2, 0.25) is 0 Å². The molecule has 0 amide bonds. The van der Waals surface area contributed by atoms with Crippen LogP contribution in [-0.4, -0.2) is 10.7 Å². The van der Waals surface area contributed by atoms with Gasteiger partial charge < -0.3 is 0 Å². The van der Waals surface area contributed by atoms with Crippen molar-refractivity contribution in [3.8, 4) is 11.3 Å². The molecule has 0 saturated carbocycles. The first-order chi connectivity index (χ1) is 11.9. The molecule has 0 atom stereocenters. The number of fused-ring (bicyclic) bond motifs is 1. The Bertz CT molecular complexity index is 689. The Morgan fingerprint density at radius 1 is 0.958 bits per heavy atom. The Labute approximate surface area is 155 Å². The molecule has 1 aromatic carbocycles. The van der Waals surface area contributed by atoms with Gasteiger partial charge in [-0.2, -0.15) is 0 Å². The molecule has 0 N–H and O–H groups in total. The van der Waals surface area contributed by atoms with Gasteiger partial charge in [0.15, 0.2) is 0 Å². The molecule has 0 unspecified atom stereocenters. The van der Waals surface area contributed by atoms with Crippen molar-refractivity contribution in [1.82, 2.24) is 4.98 Å². The molecule has 3 rings (SSSR count). The number of hydrogen-bond acceptors (Lipinski definition) is 3. The molecule has 0 bridgehead atoms. The van der Waals surface area contributed by atoms with Crippen molar-refractivity contribution in [2.45, 2.75) is 51.7 Å². The predicted octanol–water partition coefficient (Wildman–Crippen LogP) is 7.91. The Kier molecular flexibility index (Phi) is 10.4. The molecule has 0 aliphatic carbocycles. The van der Waals surface area contributed by atoms with E-state index in [1.807, 2.05) is 56.9 Å². The van der Waals surface area contributed by atoms with Crippen molar-refractivity contribution in [3.05, 3.63) is 48.5 Å². The minimum absolute atomic E-state index is 1.06. The highest BCUT2D eigenvalue weighted by Crippen LogP contribution is 2.33. The molecule has 0 radical (unpaired) electrons. The molecule has 2 aromatic heterocycles. The number of thioether (sulfide) groups is 1. The molecule has 1 nitrogen and oxygen atoms in total. The maximum Gasteiger partial charge on any atom is 0.125 e. The van der Waals surface area contributed by atoms with E-state index in [-0.39, 0.29) is 0 Å². The summed E-state index contributed by atoms with van der Waals surface area (Å²) in [6.45, 7) is 10.2. The second kappa shape index (κ2) is 12.1. The molecule has 0 aliphatic rings. The lowest BCUT2D eigenvalue weighted by molar-refractivity contribution is 0.896. The zero-order valence-electron chi connectivity index (χ0n) is 15.5. The van der Waals surface area contributed by atoms with Gasteiger partial charge in [-0.05, 0) is 30.4 Å². The number of unbranched alkanes of at least 4 members (excludes halogenated alkanes) is 1. The van der Waals surface area contributed by atoms with Crippen LogP contribution in [0, 0.1) is 0 Å². The van der Waals surface area contributed by atoms with E-state index in [0.29, 0.717) is 0 Å². The summed E-state index contributed by atoms with van der Waals surface area (Å²) >= 11 is 3.76. The summed E-state index contributed by atoms with van der Waals surface area (Å²) in [6, 6.07) is 16.9. The van der Waals surface area contributed by atoms with Crippen LogP contribution in [0.5, 0.6) is 0 Å². The van der Waals surface area contributed by atoms with E-state index in [4.69, 9.17) is 4.98 Å². The summed E-state index contributed by atoms with van der Waals surface area (Å²) < 4.78 is 1.38. The fourth-order valence-corrected chi connectivity index (χ4v) is 4.38. The lowest BCUT2D eigenvalue weighted by Gasteiger charge is -1.99. The van der Waals surface area contributed by atoms with Crippen molar-refractivity contribution < 1.29 is 0 Å². The standard InChI is InChI=1S/C17H17NS2.2C2H6/c1-2-3-11-19-16-12-14-9-10-15(18-17(14)20-16)13-7-5-4-6-8-13;2*1-2/h4-10,12H,2-3,11H2,1H3;2*1-2H3. The van der Waals surface area contributed by atoms with Gasteiger partial charge in [0.25, 0.3) is 0 Å². The van der Waals surface area contributed by atoms with Crippen molar-refractivity contribution in [2.24, 2.45) is 0 Å². The maximum absolute atomic E-state index is 4.80. The molecule has 0 fully saturated rings. The number of thiophene rings is 1.